The summed E-state index contributed by atoms with van der Waals surface area (Å²) < 4.78 is 5.77. The number of nitrogens with one attached hydrogen (secondary N) is 1. The van der Waals surface area contributed by atoms with E-state index in [1.54, 1.807) is 18.2 Å². The maximum absolute atomic E-state index is 12.6. The van der Waals surface area contributed by atoms with Crippen molar-refractivity contribution in [2.75, 3.05) is 12.4 Å². The number of esters is 1. The molecule has 0 aliphatic carbocycles. The Kier molecular flexibility index (Phi) is 6.08. The first-order valence-corrected chi connectivity index (χ1v) is 10.1. The predicted molar refractivity (Wildman–Crippen MR) is 113 cm³/mol. The van der Waals surface area contributed by atoms with Gasteiger partial charge in [0.05, 0.1) is 7.11 Å². The van der Waals surface area contributed by atoms with Crippen molar-refractivity contribution in [3.63, 3.8) is 0 Å². The number of benzene rings is 2. The van der Waals surface area contributed by atoms with E-state index in [4.69, 9.17) is 4.74 Å². The molecule has 3 rings (SSSR count). The lowest BCUT2D eigenvalue weighted by molar-refractivity contribution is 0.0603. The number of carbonyl (C=O) groups is 2. The third kappa shape index (κ3) is 4.28. The largest absolute Gasteiger partial charge is 0.465 e. The van der Waals surface area contributed by atoms with Crippen LogP contribution < -0.4 is 5.32 Å². The van der Waals surface area contributed by atoms with Crippen LogP contribution in [-0.4, -0.2) is 19.0 Å². The summed E-state index contributed by atoms with van der Waals surface area (Å²) in [5.41, 5.74) is 3.75. The zero-order chi connectivity index (χ0) is 19.4. The molecule has 1 aromatic heterocycles. The molecule has 0 saturated heterocycles. The van der Waals surface area contributed by atoms with Gasteiger partial charge in [-0.2, -0.15) is 0 Å². The fraction of sp³-hybridized carbons (Fsp3) is 0.143. The van der Waals surface area contributed by atoms with E-state index in [9.17, 15) is 9.59 Å². The molecule has 0 saturated carbocycles. The topological polar surface area (TPSA) is 55.4 Å². The molecule has 3 aromatic rings. The van der Waals surface area contributed by atoms with E-state index in [1.165, 1.54) is 24.0 Å². The molecule has 1 amide bonds. The Morgan fingerprint density at radius 2 is 1.89 bits per heavy atom. The van der Waals surface area contributed by atoms with E-state index >= 15 is 0 Å². The number of anilines is 1. The number of rotatable bonds is 5. The van der Waals surface area contributed by atoms with Gasteiger partial charge < -0.3 is 10.1 Å². The lowest BCUT2D eigenvalue weighted by atomic mass is 10.0. The van der Waals surface area contributed by atoms with Crippen LogP contribution in [-0.2, 0) is 11.2 Å². The molecular weight excluding hydrogens is 426 g/mol. The molecule has 0 radical (unpaired) electrons. The summed E-state index contributed by atoms with van der Waals surface area (Å²) >= 11 is 4.67. The maximum atomic E-state index is 12.6. The van der Waals surface area contributed by atoms with Gasteiger partial charge in [0.1, 0.15) is 10.6 Å². The minimum absolute atomic E-state index is 0.281. The maximum Gasteiger partial charge on any atom is 0.341 e. The molecule has 138 valence electrons. The summed E-state index contributed by atoms with van der Waals surface area (Å²) in [5.74, 6) is -0.758. The molecule has 0 bridgehead atoms. The summed E-state index contributed by atoms with van der Waals surface area (Å²) in [7, 11) is 1.34. The minimum atomic E-state index is -0.477. The first kappa shape index (κ1) is 19.3. The summed E-state index contributed by atoms with van der Waals surface area (Å²) in [5, 5.41) is 5.18. The molecule has 1 N–H and O–H groups in total. The fourth-order valence-corrected chi connectivity index (χ4v) is 4.04. The van der Waals surface area contributed by atoms with Crippen molar-refractivity contribution in [3.05, 3.63) is 75.1 Å². The molecule has 0 fully saturated rings. The zero-order valence-electron chi connectivity index (χ0n) is 14.9. The second-order valence-corrected chi connectivity index (χ2v) is 7.66. The van der Waals surface area contributed by atoms with Crippen LogP contribution in [0.4, 0.5) is 5.00 Å². The Bertz CT molecular complexity index is 979. The summed E-state index contributed by atoms with van der Waals surface area (Å²) in [6.07, 6.45) is 0.946. The molecule has 0 unspecified atom stereocenters. The Morgan fingerprint density at radius 3 is 2.52 bits per heavy atom. The van der Waals surface area contributed by atoms with Crippen LogP contribution in [0.2, 0.25) is 0 Å². The van der Waals surface area contributed by atoms with Crippen molar-refractivity contribution in [1.82, 2.24) is 0 Å². The van der Waals surface area contributed by atoms with Gasteiger partial charge in [0.15, 0.2) is 0 Å². The SMILES string of the molecule is CCc1ccc(-c2csc(NC(=O)c3cccc(Br)c3)c2C(=O)OC)cc1. The van der Waals surface area contributed by atoms with Crippen LogP contribution in [0, 0.1) is 0 Å². The van der Waals surface area contributed by atoms with Gasteiger partial charge in [0.25, 0.3) is 5.91 Å². The zero-order valence-corrected chi connectivity index (χ0v) is 17.3. The molecule has 27 heavy (non-hydrogen) atoms. The summed E-state index contributed by atoms with van der Waals surface area (Å²) in [6, 6.07) is 15.1. The molecule has 0 atom stereocenters. The van der Waals surface area contributed by atoms with Crippen LogP contribution in [0.3, 0.4) is 0 Å². The van der Waals surface area contributed by atoms with E-state index in [-0.39, 0.29) is 5.91 Å². The van der Waals surface area contributed by atoms with Gasteiger partial charge in [-0.15, -0.1) is 11.3 Å². The van der Waals surface area contributed by atoms with Gasteiger partial charge in [-0.1, -0.05) is 53.2 Å². The van der Waals surface area contributed by atoms with Crippen LogP contribution in [0.15, 0.2) is 58.4 Å². The smallest absolute Gasteiger partial charge is 0.341 e. The molecule has 6 heteroatoms. The van der Waals surface area contributed by atoms with Crippen LogP contribution in [0.1, 0.15) is 33.2 Å². The van der Waals surface area contributed by atoms with E-state index in [0.717, 1.165) is 22.0 Å². The first-order valence-electron chi connectivity index (χ1n) is 8.39. The second kappa shape index (κ2) is 8.50. The molecule has 0 aliphatic rings. The highest BCUT2D eigenvalue weighted by Gasteiger charge is 2.22. The Labute approximate surface area is 170 Å². The highest BCUT2D eigenvalue weighted by Crippen LogP contribution is 2.36. The fourth-order valence-electron chi connectivity index (χ4n) is 2.69. The van der Waals surface area contributed by atoms with Crippen molar-refractivity contribution in [2.24, 2.45) is 0 Å². The number of aryl methyl sites for hydroxylation is 1. The number of ether oxygens (including phenoxy) is 1. The first-order chi connectivity index (χ1) is 13.0. The van der Waals surface area contributed by atoms with Crippen molar-refractivity contribution in [2.45, 2.75) is 13.3 Å². The number of methoxy groups -OCH3 is 1. The highest BCUT2D eigenvalue weighted by atomic mass is 79.9. The van der Waals surface area contributed by atoms with Crippen molar-refractivity contribution in [3.8, 4) is 11.1 Å². The number of amides is 1. The average molecular weight is 444 g/mol. The summed E-state index contributed by atoms with van der Waals surface area (Å²) in [4.78, 5) is 25.0. The van der Waals surface area contributed by atoms with Gasteiger partial charge in [0, 0.05) is 21.0 Å². The van der Waals surface area contributed by atoms with Gasteiger partial charge in [-0.3, -0.25) is 4.79 Å². The quantitative estimate of drug-likeness (QED) is 0.508. The molecule has 2 aromatic carbocycles. The second-order valence-electron chi connectivity index (χ2n) is 5.86. The molecule has 4 nitrogen and oxygen atoms in total. The van der Waals surface area contributed by atoms with E-state index in [2.05, 4.69) is 28.2 Å². The van der Waals surface area contributed by atoms with Gasteiger partial charge >= 0.3 is 5.97 Å². The monoisotopic (exact) mass is 443 g/mol. The van der Waals surface area contributed by atoms with Crippen molar-refractivity contribution < 1.29 is 14.3 Å². The van der Waals surface area contributed by atoms with Crippen LogP contribution in [0.25, 0.3) is 11.1 Å². The Balaban J connectivity index is 1.97. The molecule has 0 spiro atoms. The lowest BCUT2D eigenvalue weighted by Crippen LogP contribution is -2.14. The van der Waals surface area contributed by atoms with Crippen molar-refractivity contribution in [1.29, 1.82) is 0 Å². The number of halogens is 1. The normalized spacial score (nSPS) is 10.5. The number of carbonyl (C=O) groups excluding carboxylic acids is 2. The average Bonchev–Trinajstić information content (AvgIpc) is 3.10. The van der Waals surface area contributed by atoms with Gasteiger partial charge in [0.2, 0.25) is 0 Å². The molecule has 1 heterocycles. The van der Waals surface area contributed by atoms with E-state index in [0.29, 0.717) is 16.1 Å². The van der Waals surface area contributed by atoms with Crippen LogP contribution in [0.5, 0.6) is 0 Å². The van der Waals surface area contributed by atoms with Crippen molar-refractivity contribution >= 4 is 44.1 Å². The highest BCUT2D eigenvalue weighted by molar-refractivity contribution is 9.10. The molecular formula is C21H18BrNO3S. The standard InChI is InChI=1S/C21H18BrNO3S/c1-3-13-7-9-14(10-8-13)17-12-27-20(18(17)21(25)26-2)23-19(24)15-5-4-6-16(22)11-15/h4-12H,3H2,1-2H3,(H,23,24). The predicted octanol–water partition coefficient (Wildman–Crippen LogP) is 5.78. The number of hydrogen-bond acceptors (Lipinski definition) is 4. The number of thiophene rings is 1. The lowest BCUT2D eigenvalue weighted by Gasteiger charge is -2.08. The Morgan fingerprint density at radius 1 is 1.15 bits per heavy atom. The van der Waals surface area contributed by atoms with Gasteiger partial charge in [-0.05, 0) is 35.7 Å². The Hall–Kier alpha value is -2.44. The minimum Gasteiger partial charge on any atom is -0.465 e. The molecule has 0 aliphatic heterocycles. The third-order valence-electron chi connectivity index (χ3n) is 4.17. The van der Waals surface area contributed by atoms with Crippen LogP contribution >= 0.6 is 27.3 Å². The number of hydrogen-bond donors (Lipinski definition) is 1. The van der Waals surface area contributed by atoms with E-state index in [1.807, 2.05) is 35.7 Å². The van der Waals surface area contributed by atoms with E-state index < -0.39 is 5.97 Å². The van der Waals surface area contributed by atoms with Gasteiger partial charge in [-0.25, -0.2) is 4.79 Å². The summed E-state index contributed by atoms with van der Waals surface area (Å²) in [6.45, 7) is 2.09. The third-order valence-corrected chi connectivity index (χ3v) is 5.56.